The van der Waals surface area contributed by atoms with Crippen LogP contribution in [0.25, 0.3) is 0 Å². The number of carbonyl (C=O) groups is 3. The van der Waals surface area contributed by atoms with E-state index in [0.717, 1.165) is 32.2 Å². The molecule has 2 heterocycles. The van der Waals surface area contributed by atoms with Crippen LogP contribution in [0.2, 0.25) is 0 Å². The molecule has 2 aliphatic rings. The first-order valence-corrected chi connectivity index (χ1v) is 7.93. The number of carboxylic acids is 1. The van der Waals surface area contributed by atoms with E-state index < -0.39 is 5.97 Å². The molecule has 0 spiro atoms. The number of likely N-dealkylation sites (tertiary alicyclic amines) is 1. The molecule has 1 atom stereocenters. The summed E-state index contributed by atoms with van der Waals surface area (Å²) >= 11 is 0. The van der Waals surface area contributed by atoms with Crippen LogP contribution in [0.15, 0.2) is 16.5 Å². The summed E-state index contributed by atoms with van der Waals surface area (Å²) in [4.78, 5) is 36.9. The Hall–Kier alpha value is -2.31. The summed E-state index contributed by atoms with van der Waals surface area (Å²) in [5.74, 6) is -0.851. The fourth-order valence-electron chi connectivity index (χ4n) is 2.89. The highest BCUT2D eigenvalue weighted by molar-refractivity contribution is 5.84. The number of nitrogens with one attached hydrogen (secondary N) is 1. The Bertz CT molecular complexity index is 620. The third-order valence-electron chi connectivity index (χ3n) is 4.34. The van der Waals surface area contributed by atoms with Crippen molar-refractivity contribution in [2.75, 3.05) is 13.1 Å². The lowest BCUT2D eigenvalue weighted by Gasteiger charge is -2.32. The molecule has 2 N–H and O–H groups in total. The first-order chi connectivity index (χ1) is 11.0. The van der Waals surface area contributed by atoms with Gasteiger partial charge in [0.05, 0.1) is 12.5 Å². The van der Waals surface area contributed by atoms with Crippen molar-refractivity contribution in [2.45, 2.75) is 32.2 Å². The lowest BCUT2D eigenvalue weighted by atomic mass is 9.96. The van der Waals surface area contributed by atoms with Gasteiger partial charge in [-0.1, -0.05) is 0 Å². The van der Waals surface area contributed by atoms with Crippen molar-refractivity contribution in [3.8, 4) is 0 Å². The van der Waals surface area contributed by atoms with E-state index in [2.05, 4.69) is 5.32 Å². The van der Waals surface area contributed by atoms with E-state index in [0.29, 0.717) is 12.3 Å². The lowest BCUT2D eigenvalue weighted by Crippen LogP contribution is -2.45. The van der Waals surface area contributed by atoms with E-state index in [1.165, 1.54) is 12.1 Å². The molecule has 1 saturated heterocycles. The largest absolute Gasteiger partial charge is 0.475 e. The third kappa shape index (κ3) is 3.72. The average Bonchev–Trinajstić information content (AvgIpc) is 3.29. The number of carbonyl (C=O) groups excluding carboxylic acids is 2. The maximum Gasteiger partial charge on any atom is 0.371 e. The molecule has 1 unspecified atom stereocenters. The summed E-state index contributed by atoms with van der Waals surface area (Å²) in [5.41, 5.74) is 0. The van der Waals surface area contributed by atoms with Crippen molar-refractivity contribution in [1.82, 2.24) is 10.2 Å². The number of rotatable bonds is 5. The van der Waals surface area contributed by atoms with Crippen LogP contribution < -0.4 is 5.32 Å². The molecule has 7 heteroatoms. The number of hydrogen-bond donors (Lipinski definition) is 2. The number of piperidine rings is 1. The van der Waals surface area contributed by atoms with Gasteiger partial charge in [0, 0.05) is 19.0 Å². The number of nitrogens with zero attached hydrogens (tertiary/aromatic N) is 1. The number of carboxylic acid groups (broad SMARTS) is 1. The maximum atomic E-state index is 12.3. The molecule has 3 rings (SSSR count). The van der Waals surface area contributed by atoms with Crippen LogP contribution in [0.3, 0.4) is 0 Å². The Morgan fingerprint density at radius 3 is 2.65 bits per heavy atom. The Morgan fingerprint density at radius 1 is 1.22 bits per heavy atom. The zero-order valence-corrected chi connectivity index (χ0v) is 12.8. The van der Waals surface area contributed by atoms with Crippen molar-refractivity contribution >= 4 is 17.8 Å². The van der Waals surface area contributed by atoms with Crippen molar-refractivity contribution in [3.63, 3.8) is 0 Å². The predicted molar refractivity (Wildman–Crippen MR) is 79.5 cm³/mol. The van der Waals surface area contributed by atoms with Gasteiger partial charge in [0.15, 0.2) is 0 Å². The summed E-state index contributed by atoms with van der Waals surface area (Å²) in [6, 6.07) is 2.90. The van der Waals surface area contributed by atoms with Gasteiger partial charge in [-0.3, -0.25) is 9.59 Å². The molecule has 1 aliphatic carbocycles. The van der Waals surface area contributed by atoms with Crippen LogP contribution in [0.5, 0.6) is 0 Å². The van der Waals surface area contributed by atoms with E-state index in [1.54, 1.807) is 4.90 Å². The molecule has 124 valence electrons. The molecule has 1 aliphatic heterocycles. The van der Waals surface area contributed by atoms with Gasteiger partial charge in [-0.05, 0) is 37.8 Å². The van der Waals surface area contributed by atoms with Crippen molar-refractivity contribution in [2.24, 2.45) is 11.8 Å². The molecule has 1 aromatic rings. The van der Waals surface area contributed by atoms with Crippen molar-refractivity contribution < 1.29 is 23.9 Å². The second kappa shape index (κ2) is 6.44. The van der Waals surface area contributed by atoms with Gasteiger partial charge < -0.3 is 19.7 Å². The number of hydrogen-bond acceptors (Lipinski definition) is 4. The van der Waals surface area contributed by atoms with E-state index in [1.807, 2.05) is 0 Å². The van der Waals surface area contributed by atoms with Crippen LogP contribution in [0.1, 0.15) is 42.0 Å². The summed E-state index contributed by atoms with van der Waals surface area (Å²) in [5, 5.41) is 11.6. The highest BCUT2D eigenvalue weighted by atomic mass is 16.4. The van der Waals surface area contributed by atoms with E-state index in [4.69, 9.17) is 9.52 Å². The van der Waals surface area contributed by atoms with Gasteiger partial charge in [0.1, 0.15) is 5.76 Å². The third-order valence-corrected chi connectivity index (χ3v) is 4.34. The fourth-order valence-corrected chi connectivity index (χ4v) is 2.89. The van der Waals surface area contributed by atoms with Gasteiger partial charge in [0.2, 0.25) is 17.6 Å². The number of amides is 2. The minimum absolute atomic E-state index is 0.119. The van der Waals surface area contributed by atoms with Gasteiger partial charge in [-0.25, -0.2) is 4.79 Å². The average molecular weight is 320 g/mol. The first kappa shape index (κ1) is 15.6. The molecule has 0 aromatic carbocycles. The molecule has 1 aromatic heterocycles. The zero-order chi connectivity index (χ0) is 16.4. The number of aromatic carboxylic acids is 1. The minimum Gasteiger partial charge on any atom is -0.475 e. The smallest absolute Gasteiger partial charge is 0.371 e. The Kier molecular flexibility index (Phi) is 4.36. The monoisotopic (exact) mass is 320 g/mol. The van der Waals surface area contributed by atoms with Gasteiger partial charge in [-0.15, -0.1) is 0 Å². The van der Waals surface area contributed by atoms with Gasteiger partial charge >= 0.3 is 5.97 Å². The van der Waals surface area contributed by atoms with Crippen molar-refractivity contribution in [3.05, 3.63) is 23.7 Å². The normalized spacial score (nSPS) is 21.0. The molecular weight excluding hydrogens is 300 g/mol. The van der Waals surface area contributed by atoms with E-state index >= 15 is 0 Å². The van der Waals surface area contributed by atoms with Gasteiger partial charge in [0.25, 0.3) is 0 Å². The Labute approximate surface area is 133 Å². The summed E-state index contributed by atoms with van der Waals surface area (Å²) in [7, 11) is 0. The van der Waals surface area contributed by atoms with Crippen molar-refractivity contribution in [1.29, 1.82) is 0 Å². The molecule has 23 heavy (non-hydrogen) atoms. The predicted octanol–water partition coefficient (Wildman–Crippen LogP) is 1.24. The maximum absolute atomic E-state index is 12.3. The second-order valence-corrected chi connectivity index (χ2v) is 6.19. The molecule has 7 nitrogen and oxygen atoms in total. The van der Waals surface area contributed by atoms with E-state index in [-0.39, 0.29) is 36.0 Å². The van der Waals surface area contributed by atoms with Crippen LogP contribution in [-0.2, 0) is 16.1 Å². The highest BCUT2D eigenvalue weighted by Crippen LogP contribution is 2.32. The van der Waals surface area contributed by atoms with Gasteiger partial charge in [-0.2, -0.15) is 0 Å². The minimum atomic E-state index is -1.14. The fraction of sp³-hybridized carbons (Fsp3) is 0.562. The highest BCUT2D eigenvalue weighted by Gasteiger charge is 2.36. The van der Waals surface area contributed by atoms with E-state index in [9.17, 15) is 14.4 Å². The summed E-state index contributed by atoms with van der Waals surface area (Å²) in [6.45, 7) is 1.36. The number of furan rings is 1. The quantitative estimate of drug-likeness (QED) is 0.850. The first-order valence-electron chi connectivity index (χ1n) is 7.93. The Morgan fingerprint density at radius 2 is 2.00 bits per heavy atom. The molecule has 1 saturated carbocycles. The Balaban J connectivity index is 1.50. The lowest BCUT2D eigenvalue weighted by molar-refractivity contribution is -0.136. The molecule has 2 fully saturated rings. The van der Waals surface area contributed by atoms with Crippen LogP contribution in [-0.4, -0.2) is 40.9 Å². The standard InChI is InChI=1S/C16H20N2O5/c19-14(17-8-12-5-6-13(23-12)16(21)22)11-2-1-7-18(9-11)15(20)10-3-4-10/h5-6,10-11H,1-4,7-9H2,(H,17,19)(H,21,22). The summed E-state index contributed by atoms with van der Waals surface area (Å²) in [6.07, 6.45) is 3.53. The summed E-state index contributed by atoms with van der Waals surface area (Å²) < 4.78 is 5.10. The molecule has 0 bridgehead atoms. The molecule has 2 amide bonds. The van der Waals surface area contributed by atoms with Crippen LogP contribution in [0, 0.1) is 11.8 Å². The molecular formula is C16H20N2O5. The zero-order valence-electron chi connectivity index (χ0n) is 12.8. The second-order valence-electron chi connectivity index (χ2n) is 6.19. The van der Waals surface area contributed by atoms with Crippen LogP contribution >= 0.6 is 0 Å². The van der Waals surface area contributed by atoms with Crippen LogP contribution in [0.4, 0.5) is 0 Å². The SMILES string of the molecule is O=C(O)c1ccc(CNC(=O)C2CCCN(C(=O)C3CC3)C2)o1. The topological polar surface area (TPSA) is 99.9 Å². The molecule has 0 radical (unpaired) electrons.